The van der Waals surface area contributed by atoms with Gasteiger partial charge in [0.2, 0.25) is 5.91 Å². The number of anilines is 2. The van der Waals surface area contributed by atoms with Gasteiger partial charge < -0.3 is 21.1 Å². The number of hydrogen-bond donors (Lipinski definition) is 3. The number of carbonyl (C=O) groups excluding carboxylic acids is 2. The van der Waals surface area contributed by atoms with Crippen molar-refractivity contribution in [2.45, 2.75) is 25.3 Å². The highest BCUT2D eigenvalue weighted by Gasteiger charge is 2.45. The maximum absolute atomic E-state index is 12.3. The van der Waals surface area contributed by atoms with Gasteiger partial charge in [0.15, 0.2) is 0 Å². The zero-order chi connectivity index (χ0) is 17.9. The van der Waals surface area contributed by atoms with E-state index in [0.29, 0.717) is 36.4 Å². The van der Waals surface area contributed by atoms with Crippen LogP contribution in [0.15, 0.2) is 48.5 Å². The maximum Gasteiger partial charge on any atom is 0.255 e. The Kier molecular flexibility index (Phi) is 6.23. The molecule has 0 heterocycles. The Balaban J connectivity index is 0.00000243. The summed E-state index contributed by atoms with van der Waals surface area (Å²) in [4.78, 5) is 24.2. The molecule has 4 N–H and O–H groups in total. The van der Waals surface area contributed by atoms with Crippen LogP contribution in [0.4, 0.5) is 11.4 Å². The molecule has 26 heavy (non-hydrogen) atoms. The number of hydrogen-bond acceptors (Lipinski definition) is 4. The smallest absolute Gasteiger partial charge is 0.255 e. The third kappa shape index (κ3) is 4.74. The molecule has 138 valence electrons. The average molecular weight is 376 g/mol. The van der Waals surface area contributed by atoms with E-state index in [4.69, 9.17) is 10.5 Å². The second-order valence-corrected chi connectivity index (χ2v) is 6.10. The molecule has 1 fully saturated rings. The lowest BCUT2D eigenvalue weighted by Crippen LogP contribution is -2.37. The van der Waals surface area contributed by atoms with Gasteiger partial charge in [-0.15, -0.1) is 12.4 Å². The summed E-state index contributed by atoms with van der Waals surface area (Å²) in [5.41, 5.74) is 6.94. The van der Waals surface area contributed by atoms with Crippen LogP contribution in [-0.4, -0.2) is 24.0 Å². The molecule has 0 aromatic heterocycles. The van der Waals surface area contributed by atoms with Crippen LogP contribution in [0.25, 0.3) is 0 Å². The number of halogens is 1. The summed E-state index contributed by atoms with van der Waals surface area (Å²) in [5, 5.41) is 5.59. The van der Waals surface area contributed by atoms with Crippen molar-refractivity contribution in [1.82, 2.24) is 0 Å². The molecule has 0 aliphatic heterocycles. The summed E-state index contributed by atoms with van der Waals surface area (Å²) >= 11 is 0. The molecule has 2 aromatic rings. The molecule has 0 bridgehead atoms. The van der Waals surface area contributed by atoms with Crippen molar-refractivity contribution in [3.05, 3.63) is 54.1 Å². The molecule has 1 aliphatic carbocycles. The van der Waals surface area contributed by atoms with Crippen molar-refractivity contribution in [2.75, 3.05) is 17.2 Å². The Bertz CT molecular complexity index is 772. The maximum atomic E-state index is 12.3. The zero-order valence-electron chi connectivity index (χ0n) is 14.5. The third-order valence-electron chi connectivity index (χ3n) is 4.07. The van der Waals surface area contributed by atoms with Crippen LogP contribution < -0.4 is 21.1 Å². The number of rotatable bonds is 6. The minimum Gasteiger partial charge on any atom is -0.494 e. The van der Waals surface area contributed by atoms with Gasteiger partial charge in [0, 0.05) is 16.9 Å². The fourth-order valence-corrected chi connectivity index (χ4v) is 2.33. The Morgan fingerprint density at radius 2 is 1.54 bits per heavy atom. The summed E-state index contributed by atoms with van der Waals surface area (Å²) in [6.45, 7) is 2.51. The van der Waals surface area contributed by atoms with E-state index < -0.39 is 5.54 Å². The number of carbonyl (C=O) groups is 2. The summed E-state index contributed by atoms with van der Waals surface area (Å²) < 4.78 is 5.37. The van der Waals surface area contributed by atoms with Crippen molar-refractivity contribution >= 4 is 35.6 Å². The lowest BCUT2D eigenvalue weighted by Gasteiger charge is -2.11. The van der Waals surface area contributed by atoms with Gasteiger partial charge in [-0.3, -0.25) is 9.59 Å². The van der Waals surface area contributed by atoms with Crippen molar-refractivity contribution in [3.63, 3.8) is 0 Å². The molecule has 0 spiro atoms. The van der Waals surface area contributed by atoms with Gasteiger partial charge in [0.25, 0.3) is 5.91 Å². The quantitative estimate of drug-likeness (QED) is 0.722. The average Bonchev–Trinajstić information content (AvgIpc) is 3.36. The van der Waals surface area contributed by atoms with E-state index in [0.717, 1.165) is 5.75 Å². The van der Waals surface area contributed by atoms with Crippen LogP contribution in [0.5, 0.6) is 5.75 Å². The predicted octanol–water partition coefficient (Wildman–Crippen LogP) is 3.19. The molecule has 2 aromatic carbocycles. The topological polar surface area (TPSA) is 93.5 Å². The molecule has 2 amide bonds. The van der Waals surface area contributed by atoms with Crippen LogP contribution in [0.2, 0.25) is 0 Å². The highest BCUT2D eigenvalue weighted by atomic mass is 35.5. The van der Waals surface area contributed by atoms with Gasteiger partial charge in [-0.2, -0.15) is 0 Å². The Hall–Kier alpha value is -2.57. The van der Waals surface area contributed by atoms with Crippen molar-refractivity contribution < 1.29 is 14.3 Å². The number of nitrogens with one attached hydrogen (secondary N) is 2. The summed E-state index contributed by atoms with van der Waals surface area (Å²) in [5.74, 6) is 0.354. The summed E-state index contributed by atoms with van der Waals surface area (Å²) in [6, 6.07) is 13.9. The van der Waals surface area contributed by atoms with E-state index in [-0.39, 0.29) is 24.2 Å². The molecule has 0 saturated heterocycles. The van der Waals surface area contributed by atoms with Crippen LogP contribution in [0.1, 0.15) is 30.1 Å². The Morgan fingerprint density at radius 1 is 1.00 bits per heavy atom. The number of nitrogens with two attached hydrogens (primary N) is 1. The molecular weight excluding hydrogens is 354 g/mol. The first kappa shape index (κ1) is 19.8. The van der Waals surface area contributed by atoms with Gasteiger partial charge in [0.05, 0.1) is 12.1 Å². The molecule has 0 unspecified atom stereocenters. The van der Waals surface area contributed by atoms with Crippen LogP contribution in [0, 0.1) is 0 Å². The summed E-state index contributed by atoms with van der Waals surface area (Å²) in [6.07, 6.45) is 1.42. The largest absolute Gasteiger partial charge is 0.494 e. The first-order valence-corrected chi connectivity index (χ1v) is 8.25. The molecule has 7 heteroatoms. The molecule has 0 radical (unpaired) electrons. The van der Waals surface area contributed by atoms with Gasteiger partial charge >= 0.3 is 0 Å². The van der Waals surface area contributed by atoms with Gasteiger partial charge in [-0.1, -0.05) is 0 Å². The Morgan fingerprint density at radius 3 is 2.08 bits per heavy atom. The Labute approximate surface area is 158 Å². The van der Waals surface area contributed by atoms with E-state index in [1.165, 1.54) is 0 Å². The lowest BCUT2D eigenvalue weighted by molar-refractivity contribution is -0.118. The van der Waals surface area contributed by atoms with Crippen molar-refractivity contribution in [3.8, 4) is 5.75 Å². The van der Waals surface area contributed by atoms with E-state index in [2.05, 4.69) is 10.6 Å². The molecule has 0 atom stereocenters. The van der Waals surface area contributed by atoms with Crippen LogP contribution in [0.3, 0.4) is 0 Å². The van der Waals surface area contributed by atoms with E-state index in [9.17, 15) is 9.59 Å². The molecule has 1 aliphatic rings. The first-order chi connectivity index (χ1) is 12.0. The first-order valence-electron chi connectivity index (χ1n) is 8.25. The minimum absolute atomic E-state index is 0. The van der Waals surface area contributed by atoms with Gasteiger partial charge in [0.1, 0.15) is 5.75 Å². The highest BCUT2D eigenvalue weighted by molar-refractivity contribution is 6.05. The number of ether oxygens (including phenoxy) is 1. The molecular formula is C19H22ClN3O3. The van der Waals surface area contributed by atoms with Gasteiger partial charge in [-0.25, -0.2) is 0 Å². The predicted molar refractivity (Wildman–Crippen MR) is 104 cm³/mol. The van der Waals surface area contributed by atoms with Gasteiger partial charge in [-0.05, 0) is 68.3 Å². The second-order valence-electron chi connectivity index (χ2n) is 6.10. The summed E-state index contributed by atoms with van der Waals surface area (Å²) in [7, 11) is 0. The SMILES string of the molecule is CCOc1ccc(NC(=O)c2ccc(NC(=O)C3(N)CC3)cc2)cc1.Cl. The highest BCUT2D eigenvalue weighted by Crippen LogP contribution is 2.33. The fourth-order valence-electron chi connectivity index (χ4n) is 2.33. The van der Waals surface area contributed by atoms with Crippen LogP contribution in [-0.2, 0) is 4.79 Å². The monoisotopic (exact) mass is 375 g/mol. The third-order valence-corrected chi connectivity index (χ3v) is 4.07. The fraction of sp³-hybridized carbons (Fsp3) is 0.263. The normalized spacial score (nSPS) is 13.9. The van der Waals surface area contributed by atoms with Crippen LogP contribution >= 0.6 is 12.4 Å². The lowest BCUT2D eigenvalue weighted by atomic mass is 10.1. The van der Waals surface area contributed by atoms with E-state index >= 15 is 0 Å². The second kappa shape index (κ2) is 8.21. The van der Waals surface area contributed by atoms with E-state index in [1.54, 1.807) is 48.5 Å². The molecule has 6 nitrogen and oxygen atoms in total. The number of benzene rings is 2. The standard InChI is InChI=1S/C19H21N3O3.ClH/c1-2-25-16-9-7-14(8-10-16)21-17(23)13-3-5-15(6-4-13)22-18(24)19(20)11-12-19;/h3-10H,2,11-12,20H2,1H3,(H,21,23)(H,22,24);1H. The van der Waals surface area contributed by atoms with E-state index in [1.807, 2.05) is 6.92 Å². The molecule has 3 rings (SSSR count). The van der Waals surface area contributed by atoms with Crippen molar-refractivity contribution in [1.29, 1.82) is 0 Å². The zero-order valence-corrected chi connectivity index (χ0v) is 15.3. The minimum atomic E-state index is -0.719. The molecule has 1 saturated carbocycles. The number of amides is 2. The van der Waals surface area contributed by atoms with Crippen molar-refractivity contribution in [2.24, 2.45) is 5.73 Å².